The van der Waals surface area contributed by atoms with Gasteiger partial charge >= 0.3 is 6.09 Å². The molecule has 0 bridgehead atoms. The number of hydrogen-bond donors (Lipinski definition) is 5. The van der Waals surface area contributed by atoms with Gasteiger partial charge in [0.25, 0.3) is 22.5 Å². The first kappa shape index (κ1) is 99.3. The Morgan fingerprint density at radius 3 is 1.15 bits per heavy atom. The molecule has 39 heteroatoms. The van der Waals surface area contributed by atoms with E-state index in [1.165, 1.54) is 66.6 Å². The summed E-state index contributed by atoms with van der Waals surface area (Å²) in [4.78, 5) is 94.2. The quantitative estimate of drug-likeness (QED) is 0.0182. The number of oxazole rings is 4. The predicted molar refractivity (Wildman–Crippen MR) is 499 cm³/mol. The minimum Gasteiger partial charge on any atom is -0.444 e. The first-order valence-electron chi connectivity index (χ1n) is 40.7. The summed E-state index contributed by atoms with van der Waals surface area (Å²) in [5.74, 6) is 9.29. The number of rotatable bonds is 22. The molecule has 14 rings (SSSR count). The number of nitro groups is 2. The molecule has 0 radical (unpaired) electrons. The van der Waals surface area contributed by atoms with E-state index >= 15 is 0 Å². The fourth-order valence-corrected chi connectivity index (χ4v) is 20.0. The number of nitrogens with one attached hydrogen (secondary N) is 4. The Kier molecular flexibility index (Phi) is 37.8. The van der Waals surface area contributed by atoms with Crippen LogP contribution in [0.2, 0.25) is 0 Å². The number of thiazole rings is 4. The SMILES string of the molecule is CC(C)(C)OC(=O)N1CCC(Nc2ncc(SCc3ncc(C(C)(C)C)o3)s2)CC1.CC(C)(C)c1cnc(CSc2cnc(Br)s2)o1.CC(C)(C)c1cnc(CSc2cnc(NC3CCN(C(=O)c4cccc([N+](=O)[O-])c4)CC3)s2)o1.CC(C)(C)c1cnc(CSc2cnc(NC3CCNCC3)s2)o1.NC1CCCCC1.O=C(Cl)c1cccc([N+](=O)[O-])c1. The molecule has 8 aromatic heterocycles. The zero-order chi connectivity index (χ0) is 89.2. The van der Waals surface area contributed by atoms with E-state index in [4.69, 9.17) is 39.7 Å². The number of nitrogens with two attached hydrogens (primary N) is 1. The maximum Gasteiger partial charge on any atom is 0.410 e. The van der Waals surface area contributed by atoms with Crippen LogP contribution in [0.4, 0.5) is 31.6 Å². The fraction of sp³-hybridized carbons (Fsp3) is 0.536. The van der Waals surface area contributed by atoms with Gasteiger partial charge in [-0.25, -0.2) is 44.7 Å². The molecule has 2 aromatic carbocycles. The summed E-state index contributed by atoms with van der Waals surface area (Å²) in [5, 5.41) is 37.2. The molecule has 29 nitrogen and oxygen atoms in total. The van der Waals surface area contributed by atoms with E-state index in [-0.39, 0.29) is 56.6 Å². The second kappa shape index (κ2) is 46.8. The molecule has 1 aliphatic carbocycles. The second-order valence-electron chi connectivity index (χ2n) is 34.6. The van der Waals surface area contributed by atoms with Crippen molar-refractivity contribution in [1.82, 2.24) is 55.0 Å². The van der Waals surface area contributed by atoms with Crippen molar-refractivity contribution in [3.05, 3.63) is 180 Å². The topological polar surface area (TPSA) is 383 Å². The molecule has 0 unspecified atom stereocenters. The van der Waals surface area contributed by atoms with Crippen LogP contribution in [0.15, 0.2) is 137 Å². The average Bonchev–Trinajstić information content (AvgIpc) is 1.37. The van der Waals surface area contributed by atoms with E-state index < -0.39 is 20.7 Å². The Morgan fingerprint density at radius 2 is 0.837 bits per heavy atom. The molecule has 4 fully saturated rings. The van der Waals surface area contributed by atoms with Crippen LogP contribution in [0, 0.1) is 20.2 Å². The predicted octanol–water partition coefficient (Wildman–Crippen LogP) is 22.5. The van der Waals surface area contributed by atoms with Gasteiger partial charge in [-0.1, -0.05) is 148 Å². The van der Waals surface area contributed by atoms with E-state index in [2.05, 4.69) is 160 Å². The molecule has 0 atom stereocenters. The van der Waals surface area contributed by atoms with E-state index in [1.54, 1.807) is 121 Å². The summed E-state index contributed by atoms with van der Waals surface area (Å²) >= 11 is 21.8. The molecule has 3 saturated heterocycles. The van der Waals surface area contributed by atoms with E-state index in [9.17, 15) is 34.6 Å². The first-order chi connectivity index (χ1) is 58.1. The zero-order valence-electron chi connectivity index (χ0n) is 72.3. The Labute approximate surface area is 766 Å². The van der Waals surface area contributed by atoms with E-state index in [1.807, 2.05) is 64.1 Å². The number of ether oxygens (including phenoxy) is 1. The van der Waals surface area contributed by atoms with Crippen molar-refractivity contribution in [2.24, 2.45) is 5.73 Å². The Bertz CT molecular complexity index is 4940. The number of hydrogen-bond acceptors (Lipinski definition) is 33. The van der Waals surface area contributed by atoms with Crippen molar-refractivity contribution in [2.75, 3.05) is 55.2 Å². The monoisotopic (exact) mass is 1920 g/mol. The average molecular weight is 1920 g/mol. The highest BCUT2D eigenvalue weighted by molar-refractivity contribution is 9.11. The van der Waals surface area contributed by atoms with Crippen molar-refractivity contribution in [1.29, 1.82) is 0 Å². The van der Waals surface area contributed by atoms with Gasteiger partial charge in [-0.2, -0.15) is 0 Å². The first-order valence-corrected chi connectivity index (χ1v) is 49.0. The van der Waals surface area contributed by atoms with Crippen LogP contribution < -0.4 is 27.0 Å². The van der Waals surface area contributed by atoms with Gasteiger partial charge in [-0.3, -0.25) is 29.8 Å². The van der Waals surface area contributed by atoms with Gasteiger partial charge in [0.1, 0.15) is 28.6 Å². The summed E-state index contributed by atoms with van der Waals surface area (Å²) in [5.41, 5.74) is 5.38. The molecule has 10 aromatic rings. The highest BCUT2D eigenvalue weighted by atomic mass is 79.9. The van der Waals surface area contributed by atoms with Crippen molar-refractivity contribution in [3.63, 3.8) is 0 Å². The number of likely N-dealkylation sites (tertiary alicyclic amines) is 2. The lowest BCUT2D eigenvalue weighted by molar-refractivity contribution is -0.385. The Balaban J connectivity index is 0.000000177. The third kappa shape index (κ3) is 34.3. The summed E-state index contributed by atoms with van der Waals surface area (Å²) in [6.45, 7) is 35.8. The zero-order valence-corrected chi connectivity index (χ0v) is 81.1. The highest BCUT2D eigenvalue weighted by Gasteiger charge is 2.31. The molecule has 668 valence electrons. The van der Waals surface area contributed by atoms with E-state index in [0.717, 1.165) is 142 Å². The van der Waals surface area contributed by atoms with Gasteiger partial charge in [-0.15, -0.1) is 58.4 Å². The molecule has 4 aliphatic rings. The maximum absolute atomic E-state index is 12.7. The van der Waals surface area contributed by atoms with Gasteiger partial charge in [0.2, 0.25) is 23.6 Å². The lowest BCUT2D eigenvalue weighted by Gasteiger charge is -2.33. The van der Waals surface area contributed by atoms with Crippen LogP contribution >= 0.6 is 120 Å². The fourth-order valence-electron chi connectivity index (χ4n) is 12.0. The molecule has 1 saturated carbocycles. The second-order valence-corrected chi connectivity index (χ2v) is 45.4. The van der Waals surface area contributed by atoms with Gasteiger partial charge in [0.15, 0.2) is 19.3 Å². The normalized spacial score (nSPS) is 15.1. The number of amides is 2. The smallest absolute Gasteiger partial charge is 0.410 e. The summed E-state index contributed by atoms with van der Waals surface area (Å²) in [6, 6.07) is 12.8. The number of thioether (sulfide) groups is 4. The molecule has 0 spiro atoms. The molecular formula is C84H113BrClN17O12S8. The van der Waals surface area contributed by atoms with Crippen LogP contribution in [-0.2, 0) is 49.4 Å². The maximum atomic E-state index is 12.7. The molecule has 123 heavy (non-hydrogen) atoms. The number of non-ortho nitro benzene ring substituents is 2. The Hall–Kier alpha value is -7.50. The lowest BCUT2D eigenvalue weighted by atomic mass is 9.94. The largest absolute Gasteiger partial charge is 0.444 e. The molecule has 3 aliphatic heterocycles. The van der Waals surface area contributed by atoms with Crippen molar-refractivity contribution in [3.8, 4) is 0 Å². The van der Waals surface area contributed by atoms with Crippen LogP contribution in [-0.4, -0.2) is 146 Å². The molecule has 11 heterocycles. The van der Waals surface area contributed by atoms with Gasteiger partial charge in [0, 0.05) is 107 Å². The summed E-state index contributed by atoms with van der Waals surface area (Å²) in [6.07, 6.45) is 26.9. The number of nitro benzene ring substituents is 2. The number of piperidine rings is 3. The van der Waals surface area contributed by atoms with Gasteiger partial charge < -0.3 is 59.2 Å². The van der Waals surface area contributed by atoms with Crippen molar-refractivity contribution < 1.29 is 46.6 Å². The Morgan fingerprint density at radius 1 is 0.496 bits per heavy atom. The minimum absolute atomic E-state index is 0.00630. The number of carbonyl (C=O) groups excluding carboxylic acids is 3. The standard InChI is InChI=1S/C23H27N5O4S2.C21H32N4O3S2.C16H24N4OS2.C11H13BrN2OS2.C7H4ClNO3.C6H13N/c1-23(2,3)18-12-24-19(32-18)14-33-20-13-25-22(34-20)26-16-7-9-27(10-8-16)21(29)15-5-4-6-17(11-15)28(30)31;1-20(2,3)15-11-22-16(27-15)13-29-17-12-23-18(30-17)24-14-7-9-25(10-8-14)19(26)28-21(4,5)6;1-16(2,3)12-8-18-13(21-12)10-22-14-9-19-15(23-14)20-11-4-6-17-7-5-11;1-11(2,3)7-4-13-8(15-7)6-16-9-5-14-10(12)17-9;8-7(10)5-2-1-3-6(4-5)9(11)12;7-6-4-2-1-3-5-6/h4-6,11-13,16H,7-10,14H2,1-3H3,(H,25,26);11-12,14H,7-10,13H2,1-6H3,(H,23,24);8-9,11,17H,4-7,10H2,1-3H3,(H,19,20);4-5H,6H2,1-3H3;1-4H;6H,1-5,7H2. The third-order valence-corrected chi connectivity index (χ3v) is 28.1. The minimum atomic E-state index is -0.696. The van der Waals surface area contributed by atoms with Gasteiger partial charge in [0.05, 0.1) is 99.3 Å². The summed E-state index contributed by atoms with van der Waals surface area (Å²) in [7, 11) is 0. The highest BCUT2D eigenvalue weighted by Crippen LogP contribution is 2.38. The van der Waals surface area contributed by atoms with Crippen molar-refractivity contribution in [2.45, 2.75) is 266 Å². The van der Waals surface area contributed by atoms with Crippen LogP contribution in [0.5, 0.6) is 0 Å². The summed E-state index contributed by atoms with van der Waals surface area (Å²) < 4.78 is 34.2. The number of nitrogens with zero attached hydrogens (tertiary/aromatic N) is 12. The number of carbonyl (C=O) groups is 3. The third-order valence-electron chi connectivity index (χ3n) is 18.9. The number of benzene rings is 2. The molecule has 6 N–H and O–H groups in total. The molecular weight excluding hydrogens is 1810 g/mol. The molecule has 2 amide bonds. The lowest BCUT2D eigenvalue weighted by Crippen LogP contribution is -2.44. The van der Waals surface area contributed by atoms with Crippen LogP contribution in [0.3, 0.4) is 0 Å². The van der Waals surface area contributed by atoms with Crippen molar-refractivity contribution >= 4 is 164 Å². The van der Waals surface area contributed by atoms with Gasteiger partial charge in [-0.05, 0) is 125 Å². The van der Waals surface area contributed by atoms with Crippen LogP contribution in [0.1, 0.15) is 242 Å². The number of anilines is 3. The van der Waals surface area contributed by atoms with Crippen LogP contribution in [0.25, 0.3) is 0 Å². The number of aromatic nitrogens is 8. The van der Waals surface area contributed by atoms with E-state index in [0.29, 0.717) is 67.3 Å². The number of halogens is 2.